The molecule has 0 radical (unpaired) electrons. The van der Waals surface area contributed by atoms with Crippen molar-refractivity contribution in [2.45, 2.75) is 13.5 Å². The van der Waals surface area contributed by atoms with Crippen LogP contribution in [-0.2, 0) is 6.54 Å². The summed E-state index contributed by atoms with van der Waals surface area (Å²) in [6.45, 7) is 7.37. The Morgan fingerprint density at radius 1 is 1.06 bits per heavy atom. The maximum Gasteiger partial charge on any atom is 0.257 e. The molecule has 5 rings (SSSR count). The molecule has 4 aromatic rings. The van der Waals surface area contributed by atoms with Gasteiger partial charge in [0, 0.05) is 62.6 Å². The third-order valence-electron chi connectivity index (χ3n) is 6.24. The largest absolute Gasteiger partial charge is 0.322 e. The van der Waals surface area contributed by atoms with E-state index in [1.807, 2.05) is 36.5 Å². The highest BCUT2D eigenvalue weighted by molar-refractivity contribution is 6.04. The number of fused-ring (bicyclic) bond motifs is 1. The van der Waals surface area contributed by atoms with Gasteiger partial charge in [-0.25, -0.2) is 4.52 Å². The molecule has 1 aromatic carbocycles. The predicted molar refractivity (Wildman–Crippen MR) is 135 cm³/mol. The predicted octanol–water partition coefficient (Wildman–Crippen LogP) is 2.83. The average molecular weight is 466 g/mol. The summed E-state index contributed by atoms with van der Waals surface area (Å²) < 4.78 is 1.67. The lowest BCUT2D eigenvalue weighted by molar-refractivity contribution is 0.102. The monoisotopic (exact) mass is 465 g/mol. The van der Waals surface area contributed by atoms with Gasteiger partial charge in [0.05, 0.1) is 5.56 Å². The Labute approximate surface area is 204 Å². The molecular weight excluding hydrogens is 438 g/mol. The van der Waals surface area contributed by atoms with Gasteiger partial charge in [-0.15, -0.1) is 5.10 Å². The fourth-order valence-corrected chi connectivity index (χ4v) is 4.10. The van der Waals surface area contributed by atoms with Crippen LogP contribution >= 0.6 is 0 Å². The molecule has 1 amide bonds. The molecule has 0 spiro atoms. The van der Waals surface area contributed by atoms with Crippen molar-refractivity contribution < 1.29 is 4.79 Å². The number of aryl methyl sites for hydroxylation is 1. The number of likely N-dealkylation sites (N-methyl/N-ethyl adjacent to an activating group) is 1. The summed E-state index contributed by atoms with van der Waals surface area (Å²) in [4.78, 5) is 21.9. The van der Waals surface area contributed by atoms with Crippen LogP contribution in [-0.4, -0.2) is 68.7 Å². The highest BCUT2D eigenvalue weighted by Crippen LogP contribution is 2.19. The number of pyridine rings is 2. The molecule has 0 atom stereocenters. The molecule has 176 valence electrons. The molecule has 1 aliphatic heterocycles. The molecule has 4 heterocycles. The van der Waals surface area contributed by atoms with Crippen molar-refractivity contribution >= 4 is 17.1 Å². The fourth-order valence-electron chi connectivity index (χ4n) is 4.10. The molecule has 0 aliphatic carbocycles. The standard InChI is InChI=1S/C27H27N7O/c1-20-15-24(8-7-22(20)19-33-13-11-32(2)12-14-33)29-27(35)23-16-21(17-28-18-23)6-9-25-26-5-3-4-10-34(26)31-30-25/h3-5,7-8,10,15-18H,11-14,19H2,1-2H3,(H,29,35). The van der Waals surface area contributed by atoms with Crippen LogP contribution in [0.3, 0.4) is 0 Å². The Balaban J connectivity index is 1.26. The van der Waals surface area contributed by atoms with E-state index in [0.717, 1.165) is 43.9 Å². The number of hydrogen-bond acceptors (Lipinski definition) is 6. The maximum absolute atomic E-state index is 12.9. The van der Waals surface area contributed by atoms with E-state index in [9.17, 15) is 4.79 Å². The number of hydrogen-bond donors (Lipinski definition) is 1. The number of nitrogens with one attached hydrogen (secondary N) is 1. The lowest BCUT2D eigenvalue weighted by atomic mass is 10.1. The molecule has 3 aromatic heterocycles. The van der Waals surface area contributed by atoms with Gasteiger partial charge < -0.3 is 10.2 Å². The van der Waals surface area contributed by atoms with E-state index in [0.29, 0.717) is 16.8 Å². The minimum atomic E-state index is -0.221. The zero-order valence-corrected chi connectivity index (χ0v) is 19.9. The SMILES string of the molecule is Cc1cc(NC(=O)c2cncc(C#Cc3nnn4ccccc34)c2)ccc1CN1CCN(C)CC1. The van der Waals surface area contributed by atoms with Crippen LogP contribution in [0.5, 0.6) is 0 Å². The number of anilines is 1. The lowest BCUT2D eigenvalue weighted by Crippen LogP contribution is -2.43. The molecule has 0 bridgehead atoms. The van der Waals surface area contributed by atoms with Gasteiger partial charge >= 0.3 is 0 Å². The summed E-state index contributed by atoms with van der Waals surface area (Å²) in [5, 5.41) is 11.1. The molecule has 0 unspecified atom stereocenters. The fraction of sp³-hybridized carbons (Fsp3) is 0.259. The second kappa shape index (κ2) is 10.1. The Kier molecular flexibility index (Phi) is 6.53. The van der Waals surface area contributed by atoms with E-state index < -0.39 is 0 Å². The molecule has 1 saturated heterocycles. The summed E-state index contributed by atoms with van der Waals surface area (Å²) in [6, 6.07) is 13.5. The first-order valence-electron chi connectivity index (χ1n) is 11.6. The second-order valence-corrected chi connectivity index (χ2v) is 8.86. The summed E-state index contributed by atoms with van der Waals surface area (Å²) >= 11 is 0. The minimum Gasteiger partial charge on any atom is -0.322 e. The normalized spacial score (nSPS) is 14.5. The van der Waals surface area contributed by atoms with Gasteiger partial charge in [-0.1, -0.05) is 23.3 Å². The molecule has 1 aliphatic rings. The van der Waals surface area contributed by atoms with Gasteiger partial charge in [0.15, 0.2) is 5.69 Å². The first-order valence-corrected chi connectivity index (χ1v) is 11.6. The highest BCUT2D eigenvalue weighted by Gasteiger charge is 2.15. The number of aromatic nitrogens is 4. The topological polar surface area (TPSA) is 78.7 Å². The van der Waals surface area contributed by atoms with Crippen LogP contribution in [0.25, 0.3) is 5.52 Å². The van der Waals surface area contributed by atoms with E-state index in [1.54, 1.807) is 23.0 Å². The maximum atomic E-state index is 12.9. The van der Waals surface area contributed by atoms with Crippen LogP contribution in [0.4, 0.5) is 5.69 Å². The average Bonchev–Trinajstić information content (AvgIpc) is 3.29. The van der Waals surface area contributed by atoms with Gasteiger partial charge in [-0.2, -0.15) is 0 Å². The van der Waals surface area contributed by atoms with Crippen molar-refractivity contribution in [3.05, 3.63) is 89.0 Å². The van der Waals surface area contributed by atoms with Crippen molar-refractivity contribution in [3.8, 4) is 11.8 Å². The van der Waals surface area contributed by atoms with Crippen molar-refractivity contribution in [3.63, 3.8) is 0 Å². The number of rotatable bonds is 4. The number of carbonyl (C=O) groups is 1. The Bertz CT molecular complexity index is 1420. The van der Waals surface area contributed by atoms with Crippen LogP contribution < -0.4 is 5.32 Å². The third-order valence-corrected chi connectivity index (χ3v) is 6.24. The van der Waals surface area contributed by atoms with Crippen LogP contribution in [0.2, 0.25) is 0 Å². The first-order chi connectivity index (χ1) is 17.0. The van der Waals surface area contributed by atoms with Crippen LogP contribution in [0.15, 0.2) is 61.1 Å². The first kappa shape index (κ1) is 22.7. The van der Waals surface area contributed by atoms with E-state index in [1.165, 1.54) is 11.1 Å². The summed E-state index contributed by atoms with van der Waals surface area (Å²) in [5.41, 5.74) is 5.70. The number of benzene rings is 1. The summed E-state index contributed by atoms with van der Waals surface area (Å²) in [7, 11) is 2.16. The Morgan fingerprint density at radius 3 is 2.74 bits per heavy atom. The summed E-state index contributed by atoms with van der Waals surface area (Å²) in [6.07, 6.45) is 5.00. The van der Waals surface area contributed by atoms with E-state index in [-0.39, 0.29) is 5.91 Å². The number of carbonyl (C=O) groups excluding carboxylic acids is 1. The minimum absolute atomic E-state index is 0.221. The van der Waals surface area contributed by atoms with Gasteiger partial charge in [0.25, 0.3) is 5.91 Å². The highest BCUT2D eigenvalue weighted by atomic mass is 16.1. The van der Waals surface area contributed by atoms with Crippen molar-refractivity contribution in [2.75, 3.05) is 38.5 Å². The van der Waals surface area contributed by atoms with Crippen molar-refractivity contribution in [1.82, 2.24) is 29.6 Å². The van der Waals surface area contributed by atoms with Gasteiger partial charge in [0.2, 0.25) is 0 Å². The van der Waals surface area contributed by atoms with Crippen molar-refractivity contribution in [2.24, 2.45) is 0 Å². The summed E-state index contributed by atoms with van der Waals surface area (Å²) in [5.74, 6) is 5.85. The number of amides is 1. The molecule has 0 saturated carbocycles. The van der Waals surface area contributed by atoms with E-state index >= 15 is 0 Å². The molecular formula is C27H27N7O. The second-order valence-electron chi connectivity index (χ2n) is 8.86. The third kappa shape index (κ3) is 5.38. The molecule has 1 fully saturated rings. The lowest BCUT2D eigenvalue weighted by Gasteiger charge is -2.32. The van der Waals surface area contributed by atoms with Gasteiger partial charge in [-0.3, -0.25) is 14.7 Å². The smallest absolute Gasteiger partial charge is 0.257 e. The van der Waals surface area contributed by atoms with E-state index in [2.05, 4.69) is 62.3 Å². The molecule has 35 heavy (non-hydrogen) atoms. The van der Waals surface area contributed by atoms with Crippen LogP contribution in [0.1, 0.15) is 32.7 Å². The Morgan fingerprint density at radius 2 is 1.91 bits per heavy atom. The molecule has 8 heteroatoms. The van der Waals surface area contributed by atoms with Gasteiger partial charge in [-0.05, 0) is 61.4 Å². The van der Waals surface area contributed by atoms with Gasteiger partial charge in [0.1, 0.15) is 5.52 Å². The quantitative estimate of drug-likeness (QED) is 0.467. The number of piperazine rings is 1. The van der Waals surface area contributed by atoms with Crippen molar-refractivity contribution in [1.29, 1.82) is 0 Å². The molecule has 1 N–H and O–H groups in total. The molecule has 8 nitrogen and oxygen atoms in total. The zero-order valence-electron chi connectivity index (χ0n) is 19.9. The van der Waals surface area contributed by atoms with E-state index in [4.69, 9.17) is 0 Å². The Hall–Kier alpha value is -4.06. The zero-order chi connectivity index (χ0) is 24.2. The number of nitrogens with zero attached hydrogens (tertiary/aromatic N) is 6. The van der Waals surface area contributed by atoms with Crippen LogP contribution in [0, 0.1) is 18.8 Å².